The maximum Gasteiger partial charge on any atom is 0.377 e. The molecule has 1 saturated heterocycles. The molecule has 98 valence electrons. The Morgan fingerprint density at radius 1 is 1.12 bits per heavy atom. The second-order valence-corrected chi connectivity index (χ2v) is 4.52. The largest absolute Gasteiger partial charge is 0.477 e. The first kappa shape index (κ1) is 12.7. The van der Waals surface area contributed by atoms with Crippen LogP contribution in [0, 0.1) is 0 Å². The highest BCUT2D eigenvalue weighted by molar-refractivity contribution is 5.77. The molecule has 0 bridgehead atoms. The number of halogens is 2. The van der Waals surface area contributed by atoms with Gasteiger partial charge in [-0.25, -0.2) is 4.79 Å². The van der Waals surface area contributed by atoms with Crippen molar-refractivity contribution in [2.75, 3.05) is 13.2 Å². The van der Waals surface area contributed by atoms with Gasteiger partial charge in [0.15, 0.2) is 5.79 Å². The Balaban J connectivity index is 2.09. The van der Waals surface area contributed by atoms with Gasteiger partial charge in [0.2, 0.25) is 0 Å². The van der Waals surface area contributed by atoms with Crippen LogP contribution in [0.25, 0.3) is 0 Å². The minimum Gasteiger partial charge on any atom is -0.477 e. The topological polar surface area (TPSA) is 76.0 Å². The van der Waals surface area contributed by atoms with E-state index in [9.17, 15) is 18.7 Å². The van der Waals surface area contributed by atoms with E-state index in [1.54, 1.807) is 0 Å². The predicted octanol–water partition coefficient (Wildman–Crippen LogP) is 0.755. The maximum atomic E-state index is 13.4. The minimum atomic E-state index is -4.15. The molecule has 17 heavy (non-hydrogen) atoms. The first-order chi connectivity index (χ1) is 7.81. The van der Waals surface area contributed by atoms with Gasteiger partial charge in [-0.05, 0) is 12.8 Å². The second kappa shape index (κ2) is 3.86. The SMILES string of the molecule is O=C(O)C(F)(F)C1(O)CCC2(CC1)OCCO2. The van der Waals surface area contributed by atoms with Gasteiger partial charge in [-0.3, -0.25) is 0 Å². The molecule has 0 aromatic carbocycles. The van der Waals surface area contributed by atoms with Crippen molar-refractivity contribution in [2.45, 2.75) is 43.0 Å². The van der Waals surface area contributed by atoms with E-state index >= 15 is 0 Å². The highest BCUT2D eigenvalue weighted by Gasteiger charge is 2.62. The van der Waals surface area contributed by atoms with E-state index < -0.39 is 23.3 Å². The minimum absolute atomic E-state index is 0.0758. The Hall–Kier alpha value is -0.790. The first-order valence-electron chi connectivity index (χ1n) is 5.43. The summed E-state index contributed by atoms with van der Waals surface area (Å²) in [5.74, 6) is -7.35. The molecule has 1 aliphatic carbocycles. The van der Waals surface area contributed by atoms with Gasteiger partial charge in [0.1, 0.15) is 5.60 Å². The van der Waals surface area contributed by atoms with Gasteiger partial charge in [-0.15, -0.1) is 0 Å². The normalized spacial score (nSPS) is 27.2. The van der Waals surface area contributed by atoms with E-state index in [0.717, 1.165) is 0 Å². The molecular formula is C10H14F2O5. The summed E-state index contributed by atoms with van der Waals surface area (Å²) in [6.45, 7) is 0.793. The summed E-state index contributed by atoms with van der Waals surface area (Å²) < 4.78 is 37.4. The third-order valence-corrected chi connectivity index (χ3v) is 3.51. The van der Waals surface area contributed by atoms with Crippen LogP contribution >= 0.6 is 0 Å². The fourth-order valence-electron chi connectivity index (χ4n) is 2.34. The van der Waals surface area contributed by atoms with Crippen LogP contribution in [0.4, 0.5) is 8.78 Å². The third kappa shape index (κ3) is 1.92. The average Bonchev–Trinajstić information content (AvgIpc) is 2.71. The van der Waals surface area contributed by atoms with Gasteiger partial charge in [-0.2, -0.15) is 8.78 Å². The number of hydrogen-bond donors (Lipinski definition) is 2. The molecule has 2 N–H and O–H groups in total. The molecule has 7 heteroatoms. The molecule has 1 spiro atoms. The van der Waals surface area contributed by atoms with Crippen molar-refractivity contribution in [1.29, 1.82) is 0 Å². The summed E-state index contributed by atoms with van der Waals surface area (Å²) in [6.07, 6.45) is -0.558. The van der Waals surface area contributed by atoms with Crippen molar-refractivity contribution in [1.82, 2.24) is 0 Å². The molecule has 1 heterocycles. The summed E-state index contributed by atoms with van der Waals surface area (Å²) >= 11 is 0. The van der Waals surface area contributed by atoms with Gasteiger partial charge < -0.3 is 19.7 Å². The number of carbonyl (C=O) groups is 1. The lowest BCUT2D eigenvalue weighted by Crippen LogP contribution is -2.57. The predicted molar refractivity (Wildman–Crippen MR) is 50.6 cm³/mol. The van der Waals surface area contributed by atoms with Crippen LogP contribution in [-0.4, -0.2) is 46.7 Å². The standard InChI is InChI=1S/C10H14F2O5/c11-10(12,7(13)14)8(15)1-3-9(4-2-8)16-5-6-17-9/h15H,1-6H2,(H,13,14). The van der Waals surface area contributed by atoms with Crippen LogP contribution in [0.1, 0.15) is 25.7 Å². The molecule has 1 saturated carbocycles. The summed E-state index contributed by atoms with van der Waals surface area (Å²) in [4.78, 5) is 10.5. The number of ether oxygens (including phenoxy) is 2. The molecule has 2 aliphatic rings. The molecule has 0 aromatic rings. The lowest BCUT2D eigenvalue weighted by Gasteiger charge is -2.42. The molecule has 0 unspecified atom stereocenters. The van der Waals surface area contributed by atoms with Crippen LogP contribution in [0.2, 0.25) is 0 Å². The smallest absolute Gasteiger partial charge is 0.377 e. The third-order valence-electron chi connectivity index (χ3n) is 3.51. The summed E-state index contributed by atoms with van der Waals surface area (Å²) in [5, 5.41) is 18.2. The molecule has 2 rings (SSSR count). The van der Waals surface area contributed by atoms with E-state index in [4.69, 9.17) is 14.6 Å². The van der Waals surface area contributed by atoms with Crippen molar-refractivity contribution in [3.63, 3.8) is 0 Å². The molecule has 0 aromatic heterocycles. The van der Waals surface area contributed by atoms with Gasteiger partial charge in [0.05, 0.1) is 13.2 Å². The van der Waals surface area contributed by atoms with Gasteiger partial charge in [0.25, 0.3) is 0 Å². The average molecular weight is 252 g/mol. The molecular weight excluding hydrogens is 238 g/mol. The molecule has 2 fully saturated rings. The van der Waals surface area contributed by atoms with Gasteiger partial charge >= 0.3 is 11.9 Å². The van der Waals surface area contributed by atoms with E-state index in [0.29, 0.717) is 13.2 Å². The number of rotatable bonds is 2. The van der Waals surface area contributed by atoms with E-state index in [1.165, 1.54) is 0 Å². The monoisotopic (exact) mass is 252 g/mol. The number of carboxylic acids is 1. The number of hydrogen-bond acceptors (Lipinski definition) is 4. The Kier molecular flexibility index (Phi) is 2.87. The molecule has 0 amide bonds. The number of alkyl halides is 2. The van der Waals surface area contributed by atoms with Crippen LogP contribution < -0.4 is 0 Å². The number of aliphatic hydroxyl groups is 1. The van der Waals surface area contributed by atoms with Gasteiger partial charge in [-0.1, -0.05) is 0 Å². The lowest BCUT2D eigenvalue weighted by atomic mass is 9.77. The summed E-state index contributed by atoms with van der Waals surface area (Å²) in [6, 6.07) is 0. The maximum absolute atomic E-state index is 13.4. The fraction of sp³-hybridized carbons (Fsp3) is 0.900. The lowest BCUT2D eigenvalue weighted by molar-refractivity contribution is -0.251. The molecule has 0 radical (unpaired) electrons. The highest BCUT2D eigenvalue weighted by atomic mass is 19.3. The van der Waals surface area contributed by atoms with E-state index in [1.807, 2.05) is 0 Å². The van der Waals surface area contributed by atoms with Crippen molar-refractivity contribution in [3.8, 4) is 0 Å². The zero-order valence-electron chi connectivity index (χ0n) is 9.12. The zero-order chi connectivity index (χ0) is 12.7. The zero-order valence-corrected chi connectivity index (χ0v) is 9.12. The molecule has 1 aliphatic heterocycles. The second-order valence-electron chi connectivity index (χ2n) is 4.52. The molecule has 0 atom stereocenters. The van der Waals surface area contributed by atoms with Crippen molar-refractivity contribution in [3.05, 3.63) is 0 Å². The van der Waals surface area contributed by atoms with Crippen molar-refractivity contribution < 1.29 is 33.3 Å². The van der Waals surface area contributed by atoms with Crippen LogP contribution in [0.5, 0.6) is 0 Å². The quantitative estimate of drug-likeness (QED) is 0.758. The summed E-state index contributed by atoms with van der Waals surface area (Å²) in [7, 11) is 0. The van der Waals surface area contributed by atoms with E-state index in [-0.39, 0.29) is 25.7 Å². The highest BCUT2D eigenvalue weighted by Crippen LogP contribution is 2.46. The van der Waals surface area contributed by atoms with E-state index in [2.05, 4.69) is 0 Å². The van der Waals surface area contributed by atoms with Gasteiger partial charge in [0, 0.05) is 12.8 Å². The summed E-state index contributed by atoms with van der Waals surface area (Å²) in [5.41, 5.74) is -2.51. The molecule has 5 nitrogen and oxygen atoms in total. The Bertz CT molecular complexity index is 315. The van der Waals surface area contributed by atoms with Crippen LogP contribution in [0.3, 0.4) is 0 Å². The van der Waals surface area contributed by atoms with Crippen molar-refractivity contribution >= 4 is 5.97 Å². The van der Waals surface area contributed by atoms with Crippen LogP contribution in [0.15, 0.2) is 0 Å². The Morgan fingerprint density at radius 2 is 1.59 bits per heavy atom. The Morgan fingerprint density at radius 3 is 2.00 bits per heavy atom. The number of aliphatic carboxylic acids is 1. The van der Waals surface area contributed by atoms with Crippen LogP contribution in [-0.2, 0) is 14.3 Å². The fourth-order valence-corrected chi connectivity index (χ4v) is 2.34. The number of carboxylic acid groups (broad SMARTS) is 1. The first-order valence-corrected chi connectivity index (χ1v) is 5.43. The van der Waals surface area contributed by atoms with Crippen molar-refractivity contribution in [2.24, 2.45) is 0 Å². The Labute approximate surface area is 96.3 Å².